The van der Waals surface area contributed by atoms with Crippen LogP contribution in [0.4, 0.5) is 11.4 Å². The third-order valence-corrected chi connectivity index (χ3v) is 5.55. The largest absolute Gasteiger partial charge is 0.462 e. The first-order chi connectivity index (χ1) is 16.4. The molecule has 1 unspecified atom stereocenters. The van der Waals surface area contributed by atoms with E-state index in [-0.39, 0.29) is 25.5 Å². The molecule has 8 heteroatoms. The first kappa shape index (κ1) is 25.0. The van der Waals surface area contributed by atoms with Crippen LogP contribution in [-0.2, 0) is 30.3 Å². The van der Waals surface area contributed by atoms with Crippen molar-refractivity contribution in [3.8, 4) is 0 Å². The minimum absolute atomic E-state index is 0.0490. The van der Waals surface area contributed by atoms with Gasteiger partial charge in [-0.1, -0.05) is 25.5 Å². The second-order valence-electron chi connectivity index (χ2n) is 8.13. The van der Waals surface area contributed by atoms with E-state index in [1.165, 1.54) is 17.7 Å². The molecule has 2 amide bonds. The van der Waals surface area contributed by atoms with E-state index in [1.54, 1.807) is 24.0 Å². The number of unbranched alkanes of at least 4 members (excludes halogenated alkanes) is 1. The summed E-state index contributed by atoms with van der Waals surface area (Å²) in [6.07, 6.45) is 3.28. The lowest BCUT2D eigenvalue weighted by Gasteiger charge is -2.17. The Bertz CT molecular complexity index is 1020. The van der Waals surface area contributed by atoms with Gasteiger partial charge in [0.1, 0.15) is 0 Å². The van der Waals surface area contributed by atoms with Gasteiger partial charge in [0.25, 0.3) is 5.91 Å². The predicted octanol–water partition coefficient (Wildman–Crippen LogP) is 3.74. The van der Waals surface area contributed by atoms with E-state index in [0.29, 0.717) is 11.3 Å². The Balaban J connectivity index is 1.47. The van der Waals surface area contributed by atoms with Crippen LogP contribution in [0.15, 0.2) is 48.5 Å². The number of esters is 2. The van der Waals surface area contributed by atoms with Gasteiger partial charge in [0.2, 0.25) is 5.91 Å². The number of hydrogen-bond acceptors (Lipinski definition) is 6. The van der Waals surface area contributed by atoms with Crippen LogP contribution in [0, 0.1) is 5.92 Å². The third-order valence-electron chi connectivity index (χ3n) is 5.55. The van der Waals surface area contributed by atoms with Gasteiger partial charge in [0.15, 0.2) is 6.61 Å². The van der Waals surface area contributed by atoms with Crippen LogP contribution in [0.2, 0.25) is 0 Å². The summed E-state index contributed by atoms with van der Waals surface area (Å²) in [6.45, 7) is 3.90. The maximum Gasteiger partial charge on any atom is 0.338 e. The Hall–Kier alpha value is -3.68. The van der Waals surface area contributed by atoms with Crippen molar-refractivity contribution >= 4 is 35.1 Å². The van der Waals surface area contributed by atoms with E-state index in [2.05, 4.69) is 12.2 Å². The van der Waals surface area contributed by atoms with Crippen LogP contribution in [0.1, 0.15) is 49.0 Å². The molecule has 0 saturated carbocycles. The fourth-order valence-corrected chi connectivity index (χ4v) is 3.69. The van der Waals surface area contributed by atoms with Crippen molar-refractivity contribution in [1.82, 2.24) is 0 Å². The van der Waals surface area contributed by atoms with Gasteiger partial charge in [-0.15, -0.1) is 0 Å². The molecule has 2 aromatic carbocycles. The normalized spacial score (nSPS) is 15.2. The lowest BCUT2D eigenvalue weighted by Crippen LogP contribution is -2.28. The predicted molar refractivity (Wildman–Crippen MR) is 128 cm³/mol. The van der Waals surface area contributed by atoms with Gasteiger partial charge in [-0.25, -0.2) is 4.79 Å². The highest BCUT2D eigenvalue weighted by Gasteiger charge is 2.36. The summed E-state index contributed by atoms with van der Waals surface area (Å²) in [7, 11) is 0. The molecule has 1 fully saturated rings. The highest BCUT2D eigenvalue weighted by atomic mass is 16.5. The fraction of sp³-hybridized carbons (Fsp3) is 0.385. The van der Waals surface area contributed by atoms with Crippen molar-refractivity contribution in [3.05, 3.63) is 59.7 Å². The maximum absolute atomic E-state index is 12.4. The summed E-state index contributed by atoms with van der Waals surface area (Å²) >= 11 is 0. The molecule has 0 aromatic heterocycles. The second kappa shape index (κ2) is 12.0. The molecule has 180 valence electrons. The highest BCUT2D eigenvalue weighted by Crippen LogP contribution is 2.26. The number of amides is 2. The molecule has 1 aliphatic heterocycles. The Morgan fingerprint density at radius 2 is 1.71 bits per heavy atom. The van der Waals surface area contributed by atoms with Crippen LogP contribution < -0.4 is 10.2 Å². The molecule has 1 N–H and O–H groups in total. The Morgan fingerprint density at radius 3 is 2.35 bits per heavy atom. The van der Waals surface area contributed by atoms with Crippen molar-refractivity contribution in [2.45, 2.75) is 39.5 Å². The number of carbonyl (C=O) groups excluding carboxylic acids is 4. The van der Waals surface area contributed by atoms with Crippen molar-refractivity contribution in [1.29, 1.82) is 0 Å². The molecule has 0 radical (unpaired) electrons. The zero-order valence-electron chi connectivity index (χ0n) is 19.5. The molecule has 34 heavy (non-hydrogen) atoms. The minimum atomic E-state index is -0.621. The zero-order chi connectivity index (χ0) is 24.5. The van der Waals surface area contributed by atoms with E-state index < -0.39 is 30.4 Å². The van der Waals surface area contributed by atoms with Gasteiger partial charge in [-0.05, 0) is 61.7 Å². The molecule has 1 saturated heterocycles. The average molecular weight is 467 g/mol. The molecular weight excluding hydrogens is 436 g/mol. The van der Waals surface area contributed by atoms with Crippen molar-refractivity contribution in [2.75, 3.05) is 30.0 Å². The Kier molecular flexibility index (Phi) is 8.79. The monoisotopic (exact) mass is 466 g/mol. The number of hydrogen-bond donors (Lipinski definition) is 1. The molecule has 2 aromatic rings. The highest BCUT2D eigenvalue weighted by molar-refractivity contribution is 6.00. The summed E-state index contributed by atoms with van der Waals surface area (Å²) in [6, 6.07) is 14.0. The molecule has 1 aliphatic rings. The summed E-state index contributed by atoms with van der Waals surface area (Å²) in [4.78, 5) is 50.3. The first-order valence-electron chi connectivity index (χ1n) is 11.5. The van der Waals surface area contributed by atoms with Crippen LogP contribution in [0.3, 0.4) is 0 Å². The molecular formula is C26H30N2O6. The third kappa shape index (κ3) is 6.66. The average Bonchev–Trinajstić information content (AvgIpc) is 3.23. The molecule has 0 aliphatic carbocycles. The smallest absolute Gasteiger partial charge is 0.338 e. The van der Waals surface area contributed by atoms with Crippen LogP contribution in [-0.4, -0.2) is 43.5 Å². The van der Waals surface area contributed by atoms with E-state index in [0.717, 1.165) is 24.9 Å². The number of ether oxygens (including phenoxy) is 2. The first-order valence-corrected chi connectivity index (χ1v) is 11.5. The van der Waals surface area contributed by atoms with Gasteiger partial charge >= 0.3 is 11.9 Å². The standard InChI is InChI=1S/C26H30N2O6/c1-3-5-6-18-7-13-22(14-8-18)28-16-20(15-24(28)30)26(32)34-17-23(29)27-21-11-9-19(10-12-21)25(31)33-4-2/h7-14,20H,3-6,15-17H2,1-2H3,(H,27,29). The Labute approximate surface area is 199 Å². The number of anilines is 2. The number of benzene rings is 2. The minimum Gasteiger partial charge on any atom is -0.462 e. The maximum atomic E-state index is 12.4. The molecule has 8 nitrogen and oxygen atoms in total. The quantitative estimate of drug-likeness (QED) is 0.535. The molecule has 0 bridgehead atoms. The molecule has 1 atom stereocenters. The fourth-order valence-electron chi connectivity index (χ4n) is 3.69. The van der Waals surface area contributed by atoms with Gasteiger partial charge < -0.3 is 19.7 Å². The van der Waals surface area contributed by atoms with Gasteiger partial charge in [-0.2, -0.15) is 0 Å². The van der Waals surface area contributed by atoms with E-state index in [1.807, 2.05) is 24.3 Å². The second-order valence-corrected chi connectivity index (χ2v) is 8.13. The summed E-state index contributed by atoms with van der Waals surface area (Å²) in [5.41, 5.74) is 2.80. The number of nitrogens with one attached hydrogen (secondary N) is 1. The van der Waals surface area contributed by atoms with Crippen molar-refractivity contribution in [2.24, 2.45) is 5.92 Å². The number of carbonyl (C=O) groups is 4. The van der Waals surface area contributed by atoms with E-state index >= 15 is 0 Å². The lowest BCUT2D eigenvalue weighted by molar-refractivity contribution is -0.151. The van der Waals surface area contributed by atoms with Crippen LogP contribution in [0.5, 0.6) is 0 Å². The van der Waals surface area contributed by atoms with Crippen LogP contribution in [0.25, 0.3) is 0 Å². The zero-order valence-corrected chi connectivity index (χ0v) is 19.5. The van der Waals surface area contributed by atoms with Gasteiger partial charge in [0, 0.05) is 24.3 Å². The van der Waals surface area contributed by atoms with E-state index in [9.17, 15) is 19.2 Å². The van der Waals surface area contributed by atoms with Gasteiger partial charge in [-0.3, -0.25) is 14.4 Å². The van der Waals surface area contributed by atoms with Crippen molar-refractivity contribution in [3.63, 3.8) is 0 Å². The van der Waals surface area contributed by atoms with Gasteiger partial charge in [0.05, 0.1) is 18.1 Å². The molecule has 3 rings (SSSR count). The number of aryl methyl sites for hydroxylation is 1. The topological polar surface area (TPSA) is 102 Å². The SMILES string of the molecule is CCCCc1ccc(N2CC(C(=O)OCC(=O)Nc3ccc(C(=O)OCC)cc3)CC2=O)cc1. The molecule has 1 heterocycles. The molecule has 0 spiro atoms. The van der Waals surface area contributed by atoms with Crippen LogP contribution >= 0.6 is 0 Å². The van der Waals surface area contributed by atoms with Crippen molar-refractivity contribution < 1.29 is 28.7 Å². The number of rotatable bonds is 10. The summed E-state index contributed by atoms with van der Waals surface area (Å²) < 4.78 is 10.1. The van der Waals surface area contributed by atoms with E-state index in [4.69, 9.17) is 9.47 Å². The number of nitrogens with zero attached hydrogens (tertiary/aromatic N) is 1. The summed E-state index contributed by atoms with van der Waals surface area (Å²) in [5, 5.41) is 2.60. The summed E-state index contributed by atoms with van der Waals surface area (Å²) in [5.74, 6) is -2.30. The Morgan fingerprint density at radius 1 is 1.00 bits per heavy atom. The lowest BCUT2D eigenvalue weighted by atomic mass is 10.1.